The first kappa shape index (κ1) is 22.7. The van der Waals surface area contributed by atoms with Gasteiger partial charge in [0.15, 0.2) is 10.7 Å². The topological polar surface area (TPSA) is 92.5 Å². The van der Waals surface area contributed by atoms with Crippen molar-refractivity contribution >= 4 is 28.1 Å². The standard InChI is InChI=1S/C24H31N3O4S/c1-15-13-16(2)21(17(3)14-15)7-8-22-23(18(4)26-31-22)32(29,30)27-11-9-19(10-12-27)24(28)25-20-5-6-20/h7-8,13-14,19-20H,5-6,9-12H2,1-4H3,(H,25,28). The lowest BCUT2D eigenvalue weighted by Crippen LogP contribution is -2.43. The maximum Gasteiger partial charge on any atom is 0.248 e. The van der Waals surface area contributed by atoms with Crippen LogP contribution in [0.5, 0.6) is 0 Å². The fraction of sp³-hybridized carbons (Fsp3) is 0.500. The van der Waals surface area contributed by atoms with Gasteiger partial charge in [0, 0.05) is 25.0 Å². The molecule has 2 aromatic rings. The Labute approximate surface area is 189 Å². The zero-order valence-corrected chi connectivity index (χ0v) is 20.0. The average Bonchev–Trinajstić information content (AvgIpc) is 3.46. The van der Waals surface area contributed by atoms with Crippen molar-refractivity contribution in [1.29, 1.82) is 0 Å². The van der Waals surface area contributed by atoms with Crippen molar-refractivity contribution in [3.8, 4) is 0 Å². The first-order valence-corrected chi connectivity index (χ1v) is 12.6. The molecule has 1 saturated heterocycles. The fourth-order valence-electron chi connectivity index (χ4n) is 4.45. The largest absolute Gasteiger partial charge is 0.355 e. The number of aryl methyl sites for hydroxylation is 4. The zero-order chi connectivity index (χ0) is 23.0. The molecule has 2 fully saturated rings. The van der Waals surface area contributed by atoms with E-state index >= 15 is 0 Å². The van der Waals surface area contributed by atoms with Gasteiger partial charge < -0.3 is 9.84 Å². The van der Waals surface area contributed by atoms with Crippen LogP contribution in [-0.2, 0) is 14.8 Å². The highest BCUT2D eigenvalue weighted by atomic mass is 32.2. The minimum Gasteiger partial charge on any atom is -0.355 e. The Hall–Kier alpha value is -2.45. The number of hydrogen-bond donors (Lipinski definition) is 1. The van der Waals surface area contributed by atoms with Crippen molar-refractivity contribution in [1.82, 2.24) is 14.8 Å². The Morgan fingerprint density at radius 3 is 2.28 bits per heavy atom. The van der Waals surface area contributed by atoms with E-state index in [0.29, 0.717) is 37.7 Å². The molecule has 7 nitrogen and oxygen atoms in total. The van der Waals surface area contributed by atoms with Crippen LogP contribution < -0.4 is 5.32 Å². The predicted molar refractivity (Wildman–Crippen MR) is 123 cm³/mol. The van der Waals surface area contributed by atoms with Crippen LogP contribution in [0, 0.1) is 33.6 Å². The molecule has 0 radical (unpaired) electrons. The van der Waals surface area contributed by atoms with Crippen LogP contribution in [0.15, 0.2) is 21.6 Å². The summed E-state index contributed by atoms with van der Waals surface area (Å²) in [6.07, 6.45) is 6.71. The van der Waals surface area contributed by atoms with Gasteiger partial charge in [-0.2, -0.15) is 4.31 Å². The zero-order valence-electron chi connectivity index (χ0n) is 19.1. The van der Waals surface area contributed by atoms with Crippen molar-refractivity contribution in [3.63, 3.8) is 0 Å². The second-order valence-electron chi connectivity index (χ2n) is 9.07. The molecule has 4 rings (SSSR count). The van der Waals surface area contributed by atoms with Crippen molar-refractivity contribution in [2.24, 2.45) is 5.92 Å². The third-order valence-corrected chi connectivity index (χ3v) is 8.38. The van der Waals surface area contributed by atoms with E-state index in [1.54, 1.807) is 13.0 Å². The second kappa shape index (κ2) is 8.83. The molecular formula is C24H31N3O4S. The molecule has 0 unspecified atom stereocenters. The van der Waals surface area contributed by atoms with Crippen LogP contribution in [0.1, 0.15) is 59.4 Å². The molecular weight excluding hydrogens is 426 g/mol. The molecule has 1 saturated carbocycles. The molecule has 1 aromatic heterocycles. The first-order chi connectivity index (χ1) is 15.2. The predicted octanol–water partition coefficient (Wildman–Crippen LogP) is 3.76. The summed E-state index contributed by atoms with van der Waals surface area (Å²) in [6.45, 7) is 8.39. The molecule has 172 valence electrons. The number of amides is 1. The Bertz CT molecular complexity index is 1130. The highest BCUT2D eigenvalue weighted by molar-refractivity contribution is 7.89. The van der Waals surface area contributed by atoms with E-state index in [-0.39, 0.29) is 22.5 Å². The molecule has 1 aliphatic heterocycles. The van der Waals surface area contributed by atoms with Gasteiger partial charge in [0.25, 0.3) is 0 Å². The van der Waals surface area contributed by atoms with Gasteiger partial charge in [-0.05, 0) is 76.1 Å². The van der Waals surface area contributed by atoms with Gasteiger partial charge in [-0.25, -0.2) is 8.42 Å². The van der Waals surface area contributed by atoms with E-state index < -0.39 is 10.0 Å². The van der Waals surface area contributed by atoms with E-state index in [4.69, 9.17) is 4.52 Å². The maximum atomic E-state index is 13.4. The summed E-state index contributed by atoms with van der Waals surface area (Å²) in [6, 6.07) is 4.51. The van der Waals surface area contributed by atoms with Crippen molar-refractivity contribution in [2.45, 2.75) is 64.3 Å². The molecule has 1 aliphatic carbocycles. The highest BCUT2D eigenvalue weighted by Gasteiger charge is 2.36. The minimum atomic E-state index is -3.78. The van der Waals surface area contributed by atoms with E-state index in [9.17, 15) is 13.2 Å². The SMILES string of the molecule is Cc1cc(C)c(C=Cc2onc(C)c2S(=O)(=O)N2CCC(C(=O)NC3CC3)CC2)c(C)c1. The van der Waals surface area contributed by atoms with Crippen molar-refractivity contribution in [3.05, 3.63) is 45.8 Å². The Kier molecular flexibility index (Phi) is 6.27. The van der Waals surface area contributed by atoms with E-state index in [1.165, 1.54) is 9.87 Å². The molecule has 1 N–H and O–H groups in total. The summed E-state index contributed by atoms with van der Waals surface area (Å²) in [7, 11) is -3.78. The van der Waals surface area contributed by atoms with Crippen LogP contribution in [0.2, 0.25) is 0 Å². The quantitative estimate of drug-likeness (QED) is 0.713. The number of piperidine rings is 1. The van der Waals surface area contributed by atoms with Gasteiger partial charge in [0.05, 0.1) is 0 Å². The Balaban J connectivity index is 1.53. The molecule has 1 aromatic carbocycles. The number of hydrogen-bond acceptors (Lipinski definition) is 5. The summed E-state index contributed by atoms with van der Waals surface area (Å²) >= 11 is 0. The molecule has 0 spiro atoms. The summed E-state index contributed by atoms with van der Waals surface area (Å²) in [5.74, 6) is 0.158. The smallest absolute Gasteiger partial charge is 0.248 e. The minimum absolute atomic E-state index is 0.0539. The summed E-state index contributed by atoms with van der Waals surface area (Å²) in [5, 5.41) is 6.96. The van der Waals surface area contributed by atoms with Crippen LogP contribution in [0.3, 0.4) is 0 Å². The number of sulfonamides is 1. The van der Waals surface area contributed by atoms with Gasteiger partial charge in [-0.1, -0.05) is 28.9 Å². The lowest BCUT2D eigenvalue weighted by Gasteiger charge is -2.30. The maximum absolute atomic E-state index is 13.4. The first-order valence-electron chi connectivity index (χ1n) is 11.2. The molecule has 0 atom stereocenters. The number of carbonyl (C=O) groups is 1. The second-order valence-corrected chi connectivity index (χ2v) is 10.9. The fourth-order valence-corrected chi connectivity index (χ4v) is 6.17. The molecule has 0 bridgehead atoms. The lowest BCUT2D eigenvalue weighted by molar-refractivity contribution is -0.126. The molecule has 1 amide bonds. The number of nitrogens with one attached hydrogen (secondary N) is 1. The number of nitrogens with zero attached hydrogens (tertiary/aromatic N) is 2. The number of aromatic nitrogens is 1. The highest BCUT2D eigenvalue weighted by Crippen LogP contribution is 2.30. The summed E-state index contributed by atoms with van der Waals surface area (Å²) in [5.41, 5.74) is 4.80. The van der Waals surface area contributed by atoms with Crippen molar-refractivity contribution < 1.29 is 17.7 Å². The number of benzene rings is 1. The van der Waals surface area contributed by atoms with Gasteiger partial charge in [0.2, 0.25) is 15.9 Å². The molecule has 32 heavy (non-hydrogen) atoms. The van der Waals surface area contributed by atoms with Gasteiger partial charge in [-0.15, -0.1) is 0 Å². The average molecular weight is 458 g/mol. The monoisotopic (exact) mass is 457 g/mol. The van der Waals surface area contributed by atoms with E-state index in [0.717, 1.165) is 29.5 Å². The Morgan fingerprint density at radius 2 is 1.69 bits per heavy atom. The van der Waals surface area contributed by atoms with Crippen LogP contribution in [-0.4, -0.2) is 42.9 Å². The molecule has 8 heteroatoms. The van der Waals surface area contributed by atoms with E-state index in [2.05, 4.69) is 29.5 Å². The molecule has 2 heterocycles. The van der Waals surface area contributed by atoms with Gasteiger partial charge >= 0.3 is 0 Å². The lowest BCUT2D eigenvalue weighted by atomic mass is 9.97. The third-order valence-electron chi connectivity index (χ3n) is 6.32. The summed E-state index contributed by atoms with van der Waals surface area (Å²) < 4.78 is 33.7. The van der Waals surface area contributed by atoms with Crippen LogP contribution >= 0.6 is 0 Å². The van der Waals surface area contributed by atoms with E-state index in [1.807, 2.05) is 19.9 Å². The van der Waals surface area contributed by atoms with Crippen molar-refractivity contribution in [2.75, 3.05) is 13.1 Å². The van der Waals surface area contributed by atoms with Crippen LogP contribution in [0.4, 0.5) is 0 Å². The number of carbonyl (C=O) groups excluding carboxylic acids is 1. The summed E-state index contributed by atoms with van der Waals surface area (Å²) in [4.78, 5) is 12.4. The Morgan fingerprint density at radius 1 is 1.06 bits per heavy atom. The number of rotatable bonds is 6. The van der Waals surface area contributed by atoms with Crippen LogP contribution in [0.25, 0.3) is 12.2 Å². The van der Waals surface area contributed by atoms with Gasteiger partial charge in [-0.3, -0.25) is 4.79 Å². The van der Waals surface area contributed by atoms with Gasteiger partial charge in [0.1, 0.15) is 5.69 Å². The third kappa shape index (κ3) is 4.66. The normalized spacial score (nSPS) is 18.4. The molecule has 2 aliphatic rings.